The summed E-state index contributed by atoms with van der Waals surface area (Å²) >= 11 is 5.72. The third-order valence-electron chi connectivity index (χ3n) is 3.13. The van der Waals surface area contributed by atoms with Gasteiger partial charge in [0, 0.05) is 13.2 Å². The Hall–Kier alpha value is -0.830. The number of hydrogen-bond donors (Lipinski definition) is 1. The van der Waals surface area contributed by atoms with E-state index in [-0.39, 0.29) is 17.5 Å². The summed E-state index contributed by atoms with van der Waals surface area (Å²) in [5, 5.41) is -0.252. The first-order valence-electron chi connectivity index (χ1n) is 6.14. The fraction of sp³-hybridized carbons (Fsp3) is 0.500. The quantitative estimate of drug-likeness (QED) is 0.914. The SMILES string of the molecule is O=S(=O)(NC[C@H]1CCOC1)c1cc(C(F)(F)F)ccc1Cl. The molecule has 0 radical (unpaired) electrons. The van der Waals surface area contributed by atoms with Crippen LogP contribution in [0.5, 0.6) is 0 Å². The first kappa shape index (κ1) is 16.5. The molecule has 118 valence electrons. The Morgan fingerprint density at radius 3 is 2.67 bits per heavy atom. The highest BCUT2D eigenvalue weighted by Gasteiger charge is 2.33. The van der Waals surface area contributed by atoms with Crippen molar-refractivity contribution in [3.05, 3.63) is 28.8 Å². The Bertz CT molecular complexity index is 613. The van der Waals surface area contributed by atoms with Crippen LogP contribution in [0.1, 0.15) is 12.0 Å². The van der Waals surface area contributed by atoms with E-state index < -0.39 is 26.7 Å². The van der Waals surface area contributed by atoms with E-state index in [1.807, 2.05) is 0 Å². The molecule has 1 atom stereocenters. The van der Waals surface area contributed by atoms with E-state index in [2.05, 4.69) is 4.72 Å². The van der Waals surface area contributed by atoms with E-state index in [1.54, 1.807) is 0 Å². The van der Waals surface area contributed by atoms with Gasteiger partial charge in [-0.05, 0) is 30.5 Å². The van der Waals surface area contributed by atoms with Gasteiger partial charge in [-0.1, -0.05) is 11.6 Å². The molecule has 0 spiro atoms. The molecule has 1 fully saturated rings. The van der Waals surface area contributed by atoms with E-state index in [0.717, 1.165) is 12.1 Å². The average molecular weight is 344 g/mol. The minimum atomic E-state index is -4.63. The van der Waals surface area contributed by atoms with Gasteiger partial charge in [-0.15, -0.1) is 0 Å². The lowest BCUT2D eigenvalue weighted by Gasteiger charge is -2.13. The van der Waals surface area contributed by atoms with Gasteiger partial charge in [0.1, 0.15) is 4.90 Å². The molecule has 0 saturated carbocycles. The fourth-order valence-corrected chi connectivity index (χ4v) is 3.58. The van der Waals surface area contributed by atoms with Crippen molar-refractivity contribution in [2.45, 2.75) is 17.5 Å². The Kier molecular flexibility index (Phi) is 4.82. The monoisotopic (exact) mass is 343 g/mol. The molecular weight excluding hydrogens is 331 g/mol. The van der Waals surface area contributed by atoms with Crippen LogP contribution in [-0.2, 0) is 20.9 Å². The maximum Gasteiger partial charge on any atom is 0.416 e. The van der Waals surface area contributed by atoms with Crippen LogP contribution in [0.2, 0.25) is 5.02 Å². The summed E-state index contributed by atoms with van der Waals surface area (Å²) in [6, 6.07) is 2.21. The highest BCUT2D eigenvalue weighted by atomic mass is 35.5. The third kappa shape index (κ3) is 4.09. The molecule has 9 heteroatoms. The van der Waals surface area contributed by atoms with Gasteiger partial charge in [0.05, 0.1) is 17.2 Å². The van der Waals surface area contributed by atoms with Crippen LogP contribution in [0.4, 0.5) is 13.2 Å². The molecule has 1 N–H and O–H groups in total. The molecule has 0 amide bonds. The Morgan fingerprint density at radius 1 is 1.38 bits per heavy atom. The van der Waals surface area contributed by atoms with Gasteiger partial charge in [0.15, 0.2) is 0 Å². The molecule has 4 nitrogen and oxygen atoms in total. The predicted molar refractivity (Wildman–Crippen MR) is 70.6 cm³/mol. The molecule has 0 aromatic heterocycles. The van der Waals surface area contributed by atoms with Gasteiger partial charge in [0.25, 0.3) is 0 Å². The fourth-order valence-electron chi connectivity index (χ4n) is 1.94. The number of hydrogen-bond acceptors (Lipinski definition) is 3. The van der Waals surface area contributed by atoms with E-state index in [1.165, 1.54) is 0 Å². The van der Waals surface area contributed by atoms with Crippen LogP contribution in [0.25, 0.3) is 0 Å². The van der Waals surface area contributed by atoms with Crippen LogP contribution in [0.15, 0.2) is 23.1 Å². The summed E-state index contributed by atoms with van der Waals surface area (Å²) < 4.78 is 69.5. The van der Waals surface area contributed by atoms with Crippen molar-refractivity contribution < 1.29 is 26.3 Å². The zero-order valence-corrected chi connectivity index (χ0v) is 12.4. The zero-order valence-electron chi connectivity index (χ0n) is 10.8. The zero-order chi connectivity index (χ0) is 15.7. The minimum Gasteiger partial charge on any atom is -0.381 e. The van der Waals surface area contributed by atoms with Crippen molar-refractivity contribution in [1.29, 1.82) is 0 Å². The molecule has 1 heterocycles. The lowest BCUT2D eigenvalue weighted by Crippen LogP contribution is -2.30. The Morgan fingerprint density at radius 2 is 2.10 bits per heavy atom. The first-order chi connectivity index (χ1) is 9.70. The van der Waals surface area contributed by atoms with Gasteiger partial charge in [-0.25, -0.2) is 13.1 Å². The Labute approximate surface area is 125 Å². The third-order valence-corrected chi connectivity index (χ3v) is 5.04. The van der Waals surface area contributed by atoms with Crippen LogP contribution >= 0.6 is 11.6 Å². The summed E-state index contributed by atoms with van der Waals surface area (Å²) in [7, 11) is -4.10. The van der Waals surface area contributed by atoms with Gasteiger partial charge >= 0.3 is 6.18 Å². The molecule has 0 unspecified atom stereocenters. The second kappa shape index (κ2) is 6.12. The van der Waals surface area contributed by atoms with Crippen LogP contribution < -0.4 is 4.72 Å². The molecule has 0 aliphatic carbocycles. The number of nitrogens with one attached hydrogen (secondary N) is 1. The molecule has 21 heavy (non-hydrogen) atoms. The topological polar surface area (TPSA) is 55.4 Å². The van der Waals surface area contributed by atoms with E-state index in [4.69, 9.17) is 16.3 Å². The summed E-state index contributed by atoms with van der Waals surface area (Å²) in [4.78, 5) is -0.571. The maximum absolute atomic E-state index is 12.6. The summed E-state index contributed by atoms with van der Waals surface area (Å²) in [6.07, 6.45) is -3.92. The van der Waals surface area contributed by atoms with Gasteiger partial charge in [-0.3, -0.25) is 0 Å². The number of benzene rings is 1. The molecule has 0 bridgehead atoms. The van der Waals surface area contributed by atoms with Crippen molar-refractivity contribution in [1.82, 2.24) is 4.72 Å². The lowest BCUT2D eigenvalue weighted by atomic mass is 10.1. The second-order valence-electron chi connectivity index (χ2n) is 4.72. The van der Waals surface area contributed by atoms with Crippen LogP contribution in [0, 0.1) is 5.92 Å². The van der Waals surface area contributed by atoms with E-state index >= 15 is 0 Å². The molecule has 2 rings (SSSR count). The van der Waals surface area contributed by atoms with Crippen LogP contribution in [0.3, 0.4) is 0 Å². The smallest absolute Gasteiger partial charge is 0.381 e. The van der Waals surface area contributed by atoms with Crippen molar-refractivity contribution in [2.75, 3.05) is 19.8 Å². The summed E-state index contributed by atoms with van der Waals surface area (Å²) in [5.74, 6) is 0.0179. The van der Waals surface area contributed by atoms with E-state index in [9.17, 15) is 21.6 Å². The van der Waals surface area contributed by atoms with Crippen molar-refractivity contribution >= 4 is 21.6 Å². The minimum absolute atomic E-state index is 0.0179. The molecule has 1 aromatic rings. The molecular formula is C12H13ClF3NO3S. The van der Waals surface area contributed by atoms with Gasteiger partial charge in [-0.2, -0.15) is 13.2 Å². The highest BCUT2D eigenvalue weighted by Crippen LogP contribution is 2.33. The number of ether oxygens (including phenoxy) is 1. The normalized spacial score (nSPS) is 19.9. The number of sulfonamides is 1. The Balaban J connectivity index is 2.22. The molecule has 1 aromatic carbocycles. The highest BCUT2D eigenvalue weighted by molar-refractivity contribution is 7.89. The summed E-state index contributed by atoms with van der Waals surface area (Å²) in [5.41, 5.74) is -1.06. The first-order valence-corrected chi connectivity index (χ1v) is 8.00. The van der Waals surface area contributed by atoms with E-state index in [0.29, 0.717) is 25.7 Å². The molecule has 1 aliphatic rings. The van der Waals surface area contributed by atoms with Gasteiger partial charge < -0.3 is 4.74 Å². The maximum atomic E-state index is 12.6. The van der Waals surface area contributed by atoms with Crippen molar-refractivity contribution in [3.63, 3.8) is 0 Å². The second-order valence-corrected chi connectivity index (χ2v) is 6.87. The van der Waals surface area contributed by atoms with Crippen LogP contribution in [-0.4, -0.2) is 28.2 Å². The van der Waals surface area contributed by atoms with Crippen molar-refractivity contribution in [2.24, 2.45) is 5.92 Å². The van der Waals surface area contributed by atoms with Crippen molar-refractivity contribution in [3.8, 4) is 0 Å². The number of halogens is 4. The standard InChI is InChI=1S/C12H13ClF3NO3S/c13-10-2-1-9(12(14,15)16)5-11(10)21(18,19)17-6-8-3-4-20-7-8/h1-2,5,8,17H,3-4,6-7H2/t8-/m1/s1. The molecule has 1 saturated heterocycles. The number of rotatable bonds is 4. The molecule has 1 aliphatic heterocycles. The predicted octanol–water partition coefficient (Wildman–Crippen LogP) is 2.67. The van der Waals surface area contributed by atoms with Gasteiger partial charge in [0.2, 0.25) is 10.0 Å². The largest absolute Gasteiger partial charge is 0.416 e. The lowest BCUT2D eigenvalue weighted by molar-refractivity contribution is -0.137. The summed E-state index contributed by atoms with van der Waals surface area (Å²) in [6.45, 7) is 1.09. The average Bonchev–Trinajstić information content (AvgIpc) is 2.88. The number of alkyl halides is 3.